The maximum atomic E-state index is 13.0. The minimum atomic E-state index is -0.623. The summed E-state index contributed by atoms with van der Waals surface area (Å²) in [5.41, 5.74) is 3.00. The summed E-state index contributed by atoms with van der Waals surface area (Å²) in [5, 5.41) is 4.37. The molecule has 4 rings (SSSR count). The third-order valence-electron chi connectivity index (χ3n) is 5.15. The summed E-state index contributed by atoms with van der Waals surface area (Å²) in [6.07, 6.45) is 0. The highest BCUT2D eigenvalue weighted by Crippen LogP contribution is 2.32. The van der Waals surface area contributed by atoms with Crippen LogP contribution in [-0.2, 0) is 9.53 Å². The molecule has 0 aliphatic carbocycles. The third kappa shape index (κ3) is 5.33. The summed E-state index contributed by atoms with van der Waals surface area (Å²) in [7, 11) is 0. The van der Waals surface area contributed by atoms with E-state index in [1.165, 1.54) is 0 Å². The van der Waals surface area contributed by atoms with E-state index in [2.05, 4.69) is 10.3 Å². The van der Waals surface area contributed by atoms with E-state index in [0.717, 1.165) is 5.56 Å². The maximum Gasteiger partial charge on any atom is 0.339 e. The van der Waals surface area contributed by atoms with Crippen LogP contribution in [0.3, 0.4) is 0 Å². The van der Waals surface area contributed by atoms with Crippen LogP contribution in [0.1, 0.15) is 28.9 Å². The van der Waals surface area contributed by atoms with Gasteiger partial charge in [-0.05, 0) is 42.8 Å². The minimum absolute atomic E-state index is 0.210. The van der Waals surface area contributed by atoms with E-state index in [1.54, 1.807) is 36.4 Å². The van der Waals surface area contributed by atoms with Crippen molar-refractivity contribution in [2.75, 3.05) is 6.61 Å². The summed E-state index contributed by atoms with van der Waals surface area (Å²) in [6.45, 7) is 1.47. The molecule has 0 aliphatic rings. The fourth-order valence-electron chi connectivity index (χ4n) is 3.50. The van der Waals surface area contributed by atoms with Crippen LogP contribution in [-0.4, -0.2) is 23.5 Å². The Morgan fingerprint density at radius 1 is 0.970 bits per heavy atom. The number of hydrogen-bond acceptors (Lipinski definition) is 4. The number of para-hydroxylation sites is 1. The molecule has 1 atom stereocenters. The number of carbonyl (C=O) groups is 2. The van der Waals surface area contributed by atoms with Gasteiger partial charge in [0.1, 0.15) is 0 Å². The second-order valence-electron chi connectivity index (χ2n) is 7.47. The van der Waals surface area contributed by atoms with Crippen LogP contribution in [0.5, 0.6) is 0 Å². The van der Waals surface area contributed by atoms with Gasteiger partial charge in [-0.2, -0.15) is 0 Å². The molecule has 33 heavy (non-hydrogen) atoms. The largest absolute Gasteiger partial charge is 0.452 e. The fourth-order valence-corrected chi connectivity index (χ4v) is 4.00. The molecular weight excluding hydrogens is 459 g/mol. The topological polar surface area (TPSA) is 68.3 Å². The molecule has 0 saturated carbocycles. The normalized spacial score (nSPS) is 11.7. The Balaban J connectivity index is 1.55. The van der Waals surface area contributed by atoms with E-state index in [1.807, 2.05) is 49.4 Å². The predicted octanol–water partition coefficient (Wildman–Crippen LogP) is 6.24. The van der Waals surface area contributed by atoms with Crippen molar-refractivity contribution in [3.63, 3.8) is 0 Å². The lowest BCUT2D eigenvalue weighted by Crippen LogP contribution is -2.31. The summed E-state index contributed by atoms with van der Waals surface area (Å²) in [4.78, 5) is 30.0. The van der Waals surface area contributed by atoms with Gasteiger partial charge in [0.25, 0.3) is 5.91 Å². The number of pyridine rings is 1. The number of ether oxygens (including phenoxy) is 1. The van der Waals surface area contributed by atoms with Gasteiger partial charge < -0.3 is 10.1 Å². The molecule has 5 nitrogen and oxygen atoms in total. The SMILES string of the molecule is C[C@@H](NC(=O)COC(=O)c1cc(-c2ccc(Cl)cc2Cl)nc2ccccc12)c1ccccc1. The van der Waals surface area contributed by atoms with Crippen LogP contribution in [0.4, 0.5) is 0 Å². The predicted molar refractivity (Wildman–Crippen MR) is 130 cm³/mol. The van der Waals surface area contributed by atoms with Crippen molar-refractivity contribution in [2.24, 2.45) is 0 Å². The lowest BCUT2D eigenvalue weighted by molar-refractivity contribution is -0.124. The van der Waals surface area contributed by atoms with Crippen LogP contribution in [0.25, 0.3) is 22.2 Å². The van der Waals surface area contributed by atoms with Crippen LogP contribution < -0.4 is 5.32 Å². The Kier molecular flexibility index (Phi) is 6.92. The fraction of sp³-hybridized carbons (Fsp3) is 0.115. The number of halogens is 2. The third-order valence-corrected chi connectivity index (χ3v) is 5.70. The molecule has 1 aromatic heterocycles. The molecule has 1 N–H and O–H groups in total. The highest BCUT2D eigenvalue weighted by Gasteiger charge is 2.18. The van der Waals surface area contributed by atoms with Crippen molar-refractivity contribution >= 4 is 46.0 Å². The van der Waals surface area contributed by atoms with E-state index < -0.39 is 12.6 Å². The van der Waals surface area contributed by atoms with Crippen molar-refractivity contribution in [3.05, 3.63) is 100 Å². The Morgan fingerprint density at radius 2 is 1.70 bits per heavy atom. The van der Waals surface area contributed by atoms with Gasteiger partial charge in [-0.25, -0.2) is 9.78 Å². The van der Waals surface area contributed by atoms with Gasteiger partial charge in [0.15, 0.2) is 6.61 Å². The average molecular weight is 479 g/mol. The van der Waals surface area contributed by atoms with Crippen LogP contribution in [0.2, 0.25) is 10.0 Å². The van der Waals surface area contributed by atoms with Crippen molar-refractivity contribution in [3.8, 4) is 11.3 Å². The number of rotatable bonds is 6. The smallest absolute Gasteiger partial charge is 0.339 e. The van der Waals surface area contributed by atoms with Crippen molar-refractivity contribution < 1.29 is 14.3 Å². The Labute approximate surface area is 201 Å². The molecule has 0 saturated heterocycles. The molecule has 1 heterocycles. The van der Waals surface area contributed by atoms with Crippen molar-refractivity contribution in [2.45, 2.75) is 13.0 Å². The standard InChI is InChI=1S/C26H20Cl2N2O3/c1-16(17-7-3-2-4-8-17)29-25(31)15-33-26(32)21-14-24(20-12-11-18(27)13-22(20)28)30-23-10-6-5-9-19(21)23/h2-14,16H,15H2,1H3,(H,29,31)/t16-/m1/s1. The minimum Gasteiger partial charge on any atom is -0.452 e. The lowest BCUT2D eigenvalue weighted by Gasteiger charge is -2.15. The lowest BCUT2D eigenvalue weighted by atomic mass is 10.0. The van der Waals surface area contributed by atoms with Gasteiger partial charge in [-0.3, -0.25) is 4.79 Å². The number of esters is 1. The zero-order valence-corrected chi connectivity index (χ0v) is 19.2. The summed E-state index contributed by atoms with van der Waals surface area (Å²) in [5.74, 6) is -1.01. The quantitative estimate of drug-likeness (QED) is 0.333. The molecule has 166 valence electrons. The molecule has 4 aromatic rings. The second-order valence-corrected chi connectivity index (χ2v) is 8.32. The van der Waals surface area contributed by atoms with Gasteiger partial charge in [0, 0.05) is 16.0 Å². The van der Waals surface area contributed by atoms with E-state index in [-0.39, 0.29) is 11.9 Å². The maximum absolute atomic E-state index is 13.0. The number of carbonyl (C=O) groups excluding carboxylic acids is 2. The Morgan fingerprint density at radius 3 is 2.45 bits per heavy atom. The molecule has 3 aromatic carbocycles. The van der Waals surface area contributed by atoms with Crippen LogP contribution >= 0.6 is 23.2 Å². The molecule has 0 unspecified atom stereocenters. The molecular formula is C26H20Cl2N2O3. The van der Waals surface area contributed by atoms with E-state index >= 15 is 0 Å². The number of aromatic nitrogens is 1. The zero-order chi connectivity index (χ0) is 23.4. The van der Waals surface area contributed by atoms with Gasteiger partial charge in [0.2, 0.25) is 0 Å². The van der Waals surface area contributed by atoms with Gasteiger partial charge in [0.05, 0.1) is 27.8 Å². The number of fused-ring (bicyclic) bond motifs is 1. The monoisotopic (exact) mass is 478 g/mol. The molecule has 0 bridgehead atoms. The number of nitrogens with one attached hydrogen (secondary N) is 1. The molecule has 0 spiro atoms. The first kappa shape index (κ1) is 22.8. The number of hydrogen-bond donors (Lipinski definition) is 1. The number of nitrogens with zero attached hydrogens (tertiary/aromatic N) is 1. The molecule has 7 heteroatoms. The highest BCUT2D eigenvalue weighted by atomic mass is 35.5. The molecule has 0 fully saturated rings. The van der Waals surface area contributed by atoms with Gasteiger partial charge >= 0.3 is 5.97 Å². The van der Waals surface area contributed by atoms with E-state index in [4.69, 9.17) is 27.9 Å². The van der Waals surface area contributed by atoms with Gasteiger partial charge in [-0.15, -0.1) is 0 Å². The Hall–Kier alpha value is -3.41. The number of amides is 1. The van der Waals surface area contributed by atoms with Crippen molar-refractivity contribution in [1.29, 1.82) is 0 Å². The summed E-state index contributed by atoms with van der Waals surface area (Å²) in [6, 6.07) is 23.2. The number of benzene rings is 3. The molecule has 1 amide bonds. The van der Waals surface area contributed by atoms with E-state index in [9.17, 15) is 9.59 Å². The summed E-state index contributed by atoms with van der Waals surface area (Å²) >= 11 is 12.4. The van der Waals surface area contributed by atoms with Crippen molar-refractivity contribution in [1.82, 2.24) is 10.3 Å². The van der Waals surface area contributed by atoms with Crippen LogP contribution in [0.15, 0.2) is 78.9 Å². The molecule has 0 aliphatic heterocycles. The summed E-state index contributed by atoms with van der Waals surface area (Å²) < 4.78 is 5.34. The molecule has 0 radical (unpaired) electrons. The van der Waals surface area contributed by atoms with E-state index in [0.29, 0.717) is 37.8 Å². The van der Waals surface area contributed by atoms with Gasteiger partial charge in [-0.1, -0.05) is 71.7 Å². The Bertz CT molecular complexity index is 1330. The average Bonchev–Trinajstić information content (AvgIpc) is 2.82. The highest BCUT2D eigenvalue weighted by molar-refractivity contribution is 6.36. The first-order chi connectivity index (χ1) is 15.9. The first-order valence-corrected chi connectivity index (χ1v) is 11.0. The van der Waals surface area contributed by atoms with Crippen LogP contribution in [0, 0.1) is 0 Å². The second kappa shape index (κ2) is 10.0. The first-order valence-electron chi connectivity index (χ1n) is 10.3. The zero-order valence-electron chi connectivity index (χ0n) is 17.7.